The molecular formula is C17H37IN4O. The summed E-state index contributed by atoms with van der Waals surface area (Å²) in [5.41, 5.74) is -0.179. The third-order valence-electron chi connectivity index (χ3n) is 4.56. The van der Waals surface area contributed by atoms with E-state index >= 15 is 0 Å². The highest BCUT2D eigenvalue weighted by molar-refractivity contribution is 14.0. The minimum Gasteiger partial charge on any atom is -0.377 e. The maximum Gasteiger partial charge on any atom is 0.191 e. The zero-order valence-electron chi connectivity index (χ0n) is 15.7. The first-order valence-corrected chi connectivity index (χ1v) is 8.72. The lowest BCUT2D eigenvalue weighted by atomic mass is 10.0. The number of hydrogen-bond acceptors (Lipinski definition) is 3. The van der Waals surface area contributed by atoms with E-state index in [-0.39, 0.29) is 29.6 Å². The maximum atomic E-state index is 5.40. The molecule has 0 amide bonds. The first kappa shape index (κ1) is 22.9. The third-order valence-corrected chi connectivity index (χ3v) is 4.56. The summed E-state index contributed by atoms with van der Waals surface area (Å²) in [6.07, 6.45) is 6.56. The van der Waals surface area contributed by atoms with Gasteiger partial charge in [0.05, 0.1) is 5.60 Å². The molecule has 0 radical (unpaired) electrons. The lowest BCUT2D eigenvalue weighted by Gasteiger charge is -2.33. The first-order chi connectivity index (χ1) is 10.5. The van der Waals surface area contributed by atoms with Crippen molar-refractivity contribution in [2.24, 2.45) is 4.99 Å². The third kappa shape index (κ3) is 9.72. The number of rotatable bonds is 8. The molecule has 6 heteroatoms. The summed E-state index contributed by atoms with van der Waals surface area (Å²) in [6, 6.07) is 0.771. The molecule has 23 heavy (non-hydrogen) atoms. The van der Waals surface area contributed by atoms with Gasteiger partial charge in [-0.25, -0.2) is 0 Å². The number of aliphatic imine (C=N–C) groups is 1. The Hall–Kier alpha value is -0.0800. The molecule has 0 aromatic heterocycles. The van der Waals surface area contributed by atoms with Gasteiger partial charge >= 0.3 is 0 Å². The maximum absolute atomic E-state index is 5.40. The SMILES string of the molecule is CN=C(NCCCCN1CCCCC1C)NCC(C)(C)OC.I. The van der Waals surface area contributed by atoms with Gasteiger partial charge in [0, 0.05) is 33.3 Å². The number of unbranched alkanes of at least 4 members (excludes halogenated alkanes) is 1. The number of methoxy groups -OCH3 is 1. The smallest absolute Gasteiger partial charge is 0.191 e. The highest BCUT2D eigenvalue weighted by Crippen LogP contribution is 2.16. The van der Waals surface area contributed by atoms with Gasteiger partial charge in [-0.05, 0) is 59.5 Å². The molecule has 138 valence electrons. The van der Waals surface area contributed by atoms with Crippen LogP contribution in [-0.4, -0.2) is 62.8 Å². The molecule has 0 aliphatic carbocycles. The van der Waals surface area contributed by atoms with Crippen LogP contribution in [0.25, 0.3) is 0 Å². The first-order valence-electron chi connectivity index (χ1n) is 8.72. The molecule has 0 spiro atoms. The van der Waals surface area contributed by atoms with E-state index in [4.69, 9.17) is 4.74 Å². The number of halogens is 1. The van der Waals surface area contributed by atoms with Crippen LogP contribution in [0.5, 0.6) is 0 Å². The summed E-state index contributed by atoms with van der Waals surface area (Å²) >= 11 is 0. The molecule has 1 atom stereocenters. The Bertz CT molecular complexity index is 337. The molecule has 0 aromatic carbocycles. The molecular weight excluding hydrogens is 403 g/mol. The molecule has 1 aliphatic heterocycles. The van der Waals surface area contributed by atoms with Gasteiger partial charge in [-0.2, -0.15) is 0 Å². The Balaban J connectivity index is 0.00000484. The summed E-state index contributed by atoms with van der Waals surface area (Å²) < 4.78 is 5.40. The Morgan fingerprint density at radius 2 is 2.00 bits per heavy atom. The van der Waals surface area contributed by atoms with Gasteiger partial charge in [-0.15, -0.1) is 24.0 Å². The van der Waals surface area contributed by atoms with Crippen molar-refractivity contribution in [3.8, 4) is 0 Å². The van der Waals surface area contributed by atoms with E-state index in [1.807, 2.05) is 7.05 Å². The fraction of sp³-hybridized carbons (Fsp3) is 0.941. The second-order valence-electron chi connectivity index (χ2n) is 6.90. The van der Waals surface area contributed by atoms with E-state index < -0.39 is 0 Å². The molecule has 1 rings (SSSR count). The number of nitrogens with one attached hydrogen (secondary N) is 2. The fourth-order valence-corrected chi connectivity index (χ4v) is 2.73. The predicted molar refractivity (Wildman–Crippen MR) is 110 cm³/mol. The summed E-state index contributed by atoms with van der Waals surface area (Å²) in [5.74, 6) is 0.858. The van der Waals surface area contributed by atoms with Gasteiger partial charge in [0.15, 0.2) is 5.96 Å². The second kappa shape index (κ2) is 12.3. The zero-order valence-corrected chi connectivity index (χ0v) is 18.0. The van der Waals surface area contributed by atoms with Gasteiger partial charge in [-0.1, -0.05) is 6.42 Å². The second-order valence-corrected chi connectivity index (χ2v) is 6.90. The molecule has 1 heterocycles. The van der Waals surface area contributed by atoms with Crippen molar-refractivity contribution in [1.29, 1.82) is 0 Å². The molecule has 2 N–H and O–H groups in total. The molecule has 1 saturated heterocycles. The number of piperidine rings is 1. The quantitative estimate of drug-likeness (QED) is 0.264. The molecule has 0 saturated carbocycles. The topological polar surface area (TPSA) is 48.9 Å². The lowest BCUT2D eigenvalue weighted by molar-refractivity contribution is 0.0268. The van der Waals surface area contributed by atoms with Crippen LogP contribution in [0, 0.1) is 0 Å². The number of hydrogen-bond donors (Lipinski definition) is 2. The van der Waals surface area contributed by atoms with Crippen molar-refractivity contribution < 1.29 is 4.74 Å². The van der Waals surface area contributed by atoms with Crippen molar-refractivity contribution >= 4 is 29.9 Å². The van der Waals surface area contributed by atoms with Gasteiger partial charge in [0.25, 0.3) is 0 Å². The number of nitrogens with zero attached hydrogens (tertiary/aromatic N) is 2. The monoisotopic (exact) mass is 440 g/mol. The Labute approximate surface area is 160 Å². The van der Waals surface area contributed by atoms with Crippen LogP contribution in [-0.2, 0) is 4.74 Å². The molecule has 1 fully saturated rings. The largest absolute Gasteiger partial charge is 0.377 e. The van der Waals surface area contributed by atoms with Crippen LogP contribution in [0.2, 0.25) is 0 Å². The van der Waals surface area contributed by atoms with Gasteiger partial charge in [-0.3, -0.25) is 4.99 Å². The van der Waals surface area contributed by atoms with Crippen molar-refractivity contribution in [1.82, 2.24) is 15.5 Å². The zero-order chi connectivity index (χ0) is 16.4. The predicted octanol–water partition coefficient (Wildman–Crippen LogP) is 2.85. The van der Waals surface area contributed by atoms with E-state index in [1.54, 1.807) is 7.11 Å². The summed E-state index contributed by atoms with van der Waals surface area (Å²) in [5, 5.41) is 6.69. The van der Waals surface area contributed by atoms with E-state index in [2.05, 4.69) is 41.3 Å². The van der Waals surface area contributed by atoms with Crippen molar-refractivity contribution in [3.63, 3.8) is 0 Å². The fourth-order valence-electron chi connectivity index (χ4n) is 2.73. The van der Waals surface area contributed by atoms with E-state index in [9.17, 15) is 0 Å². The standard InChI is InChI=1S/C17H36N4O.HI/c1-15-10-6-8-12-21(15)13-9-7-11-19-16(18-4)20-14-17(2,3)22-5;/h15H,6-14H2,1-5H3,(H2,18,19,20);1H. The van der Waals surface area contributed by atoms with E-state index in [1.165, 1.54) is 45.2 Å². The van der Waals surface area contributed by atoms with Crippen LogP contribution in [0.15, 0.2) is 4.99 Å². The summed E-state index contributed by atoms with van der Waals surface area (Å²) in [4.78, 5) is 6.89. The van der Waals surface area contributed by atoms with Crippen LogP contribution < -0.4 is 10.6 Å². The van der Waals surface area contributed by atoms with Crippen LogP contribution in [0.1, 0.15) is 52.9 Å². The highest BCUT2D eigenvalue weighted by atomic mass is 127. The number of likely N-dealkylation sites (tertiary alicyclic amines) is 1. The Morgan fingerprint density at radius 3 is 2.61 bits per heavy atom. The molecule has 0 bridgehead atoms. The minimum absolute atomic E-state index is 0. The summed E-state index contributed by atoms with van der Waals surface area (Å²) in [6.45, 7) is 10.7. The van der Waals surface area contributed by atoms with Crippen molar-refractivity contribution in [2.75, 3.05) is 40.3 Å². The average molecular weight is 440 g/mol. The number of guanidine groups is 1. The summed E-state index contributed by atoms with van der Waals surface area (Å²) in [7, 11) is 3.55. The normalized spacial score (nSPS) is 20.0. The van der Waals surface area contributed by atoms with E-state index in [0.717, 1.165) is 25.1 Å². The van der Waals surface area contributed by atoms with Crippen LogP contribution in [0.4, 0.5) is 0 Å². The van der Waals surface area contributed by atoms with Crippen molar-refractivity contribution in [2.45, 2.75) is 64.5 Å². The van der Waals surface area contributed by atoms with E-state index in [0.29, 0.717) is 0 Å². The molecule has 1 aliphatic rings. The van der Waals surface area contributed by atoms with Crippen LogP contribution >= 0.6 is 24.0 Å². The minimum atomic E-state index is -0.179. The molecule has 0 aromatic rings. The highest BCUT2D eigenvalue weighted by Gasteiger charge is 2.17. The van der Waals surface area contributed by atoms with Gasteiger partial charge in [0.2, 0.25) is 0 Å². The Morgan fingerprint density at radius 1 is 1.26 bits per heavy atom. The number of ether oxygens (including phenoxy) is 1. The van der Waals surface area contributed by atoms with Gasteiger partial charge in [0.1, 0.15) is 0 Å². The lowest BCUT2D eigenvalue weighted by Crippen LogP contribution is -2.45. The van der Waals surface area contributed by atoms with Crippen LogP contribution in [0.3, 0.4) is 0 Å². The molecule has 1 unspecified atom stereocenters. The van der Waals surface area contributed by atoms with Gasteiger partial charge < -0.3 is 20.3 Å². The van der Waals surface area contributed by atoms with Crippen molar-refractivity contribution in [3.05, 3.63) is 0 Å². The molecule has 5 nitrogen and oxygen atoms in total. The Kier molecular flexibility index (Phi) is 12.3. The average Bonchev–Trinajstić information content (AvgIpc) is 2.51.